The first-order valence-electron chi connectivity index (χ1n) is 8.32. The molecule has 3 rings (SSSR count). The second kappa shape index (κ2) is 21.8. The van der Waals surface area contributed by atoms with Crippen LogP contribution < -0.4 is 57.5 Å². The van der Waals surface area contributed by atoms with Gasteiger partial charge >= 0.3 is 51.4 Å². The van der Waals surface area contributed by atoms with Gasteiger partial charge in [-0.15, -0.1) is 0 Å². The number of aliphatic hydroxyl groups excluding tert-OH is 1. The van der Waals surface area contributed by atoms with E-state index in [9.17, 15) is 8.42 Å². The Morgan fingerprint density at radius 3 is 1.97 bits per heavy atom. The Balaban J connectivity index is -0.000000204. The number of carbonyl (C=O) groups excluding carboxylic acids is 1. The molecule has 2 unspecified atom stereocenters. The van der Waals surface area contributed by atoms with E-state index in [1.165, 1.54) is 13.3 Å². The number of imidazole rings is 1. The van der Waals surface area contributed by atoms with Gasteiger partial charge in [0.05, 0.1) is 11.2 Å². The minimum atomic E-state index is -3.43. The van der Waals surface area contributed by atoms with Crippen molar-refractivity contribution in [2.24, 2.45) is 4.99 Å². The topological polar surface area (TPSA) is 180 Å². The van der Waals surface area contributed by atoms with E-state index < -0.39 is 21.3 Å². The fraction of sp³-hybridized carbons (Fsp3) is 0.368. The average molecular weight is 480 g/mol. The second-order valence-corrected chi connectivity index (χ2v) is 7.36. The van der Waals surface area contributed by atoms with Crippen LogP contribution in [0, 0.1) is 25.7 Å². The quantitative estimate of drug-likeness (QED) is 0.288. The molecular formula is C19H30KN5O5S. The van der Waals surface area contributed by atoms with E-state index in [0.717, 1.165) is 24.7 Å². The third-order valence-corrected chi connectivity index (χ3v) is 5.26. The van der Waals surface area contributed by atoms with Crippen LogP contribution in [0.5, 0.6) is 0 Å². The zero-order valence-corrected chi connectivity index (χ0v) is 22.8. The number of nitrogens with zero attached hydrogens (tertiary/aromatic N) is 3. The molecule has 12 heteroatoms. The van der Waals surface area contributed by atoms with E-state index in [1.807, 2.05) is 13.8 Å². The Morgan fingerprint density at radius 1 is 1.19 bits per heavy atom. The number of nitrogens with one attached hydrogen (secondary N) is 1. The third-order valence-electron chi connectivity index (χ3n) is 3.19. The molecule has 2 aromatic rings. The van der Waals surface area contributed by atoms with E-state index in [0.29, 0.717) is 0 Å². The Labute approximate surface area is 227 Å². The molecule has 1 aromatic carbocycles. The fourth-order valence-corrected chi connectivity index (χ4v) is 3.48. The molecule has 2 atom stereocenters. The van der Waals surface area contributed by atoms with E-state index in [2.05, 4.69) is 15.0 Å². The fourth-order valence-electron chi connectivity index (χ4n) is 1.90. The predicted molar refractivity (Wildman–Crippen MR) is 114 cm³/mol. The summed E-state index contributed by atoms with van der Waals surface area (Å²) < 4.78 is 29.4. The van der Waals surface area contributed by atoms with Gasteiger partial charge in [-0.05, 0) is 39.8 Å². The van der Waals surface area contributed by atoms with Gasteiger partial charge in [-0.1, -0.05) is 17.7 Å². The number of aryl methyl sites for hydroxylation is 2. The zero-order chi connectivity index (χ0) is 22.9. The van der Waals surface area contributed by atoms with Gasteiger partial charge in [-0.3, -0.25) is 0 Å². The first kappa shape index (κ1) is 36.9. The summed E-state index contributed by atoms with van der Waals surface area (Å²) in [4.78, 5) is 19.6. The summed E-state index contributed by atoms with van der Waals surface area (Å²) in [5.41, 5.74) is 2.13. The number of sulfone groups is 1. The molecule has 0 fully saturated rings. The summed E-state index contributed by atoms with van der Waals surface area (Å²) in [6, 6.07) is 6.75. The Hall–Kier alpha value is -1.43. The number of benzene rings is 1. The molecule has 0 saturated carbocycles. The molecule has 0 saturated heterocycles. The van der Waals surface area contributed by atoms with Gasteiger partial charge in [-0.2, -0.15) is 0 Å². The van der Waals surface area contributed by atoms with Crippen molar-refractivity contribution in [2.45, 2.75) is 44.1 Å². The van der Waals surface area contributed by atoms with Crippen molar-refractivity contribution in [3.8, 4) is 0 Å². The molecule has 5 N–H and O–H groups in total. The Morgan fingerprint density at radius 2 is 1.68 bits per heavy atom. The Kier molecular flexibility index (Phi) is 25.9. The molecule has 1 aliphatic heterocycles. The summed E-state index contributed by atoms with van der Waals surface area (Å²) in [7, 11) is -2.43. The number of aliphatic hydroxyl groups is 1. The van der Waals surface area contributed by atoms with Crippen LogP contribution in [0.25, 0.3) is 0 Å². The first-order valence-corrected chi connectivity index (χ1v) is 9.87. The summed E-state index contributed by atoms with van der Waals surface area (Å²) in [5.74, 6) is 0. The SMILES string of the molecule is CC=O.CO.Cc1ccc(S(=O)(=O)C2N=COC2C)cc1.Cc1cnc[nH]1.N.[C-]#N.[K+]. The maximum Gasteiger partial charge on any atom is 1.00 e. The minimum Gasteiger partial charge on any atom is -0.512 e. The van der Waals surface area contributed by atoms with Gasteiger partial charge in [0.1, 0.15) is 12.4 Å². The number of rotatable bonds is 2. The molecule has 1 aromatic heterocycles. The molecular weight excluding hydrogens is 449 g/mol. The number of hydrogen-bond donors (Lipinski definition) is 3. The van der Waals surface area contributed by atoms with Crippen molar-refractivity contribution in [1.82, 2.24) is 16.1 Å². The number of aromatic amines is 1. The monoisotopic (exact) mass is 479 g/mol. The summed E-state index contributed by atoms with van der Waals surface area (Å²) in [6.45, 7) is 11.8. The molecule has 0 bridgehead atoms. The van der Waals surface area contributed by atoms with Crippen LogP contribution in [-0.2, 0) is 19.4 Å². The van der Waals surface area contributed by atoms with Gasteiger partial charge in [-0.25, -0.2) is 18.4 Å². The average Bonchev–Trinajstić information content (AvgIpc) is 3.38. The van der Waals surface area contributed by atoms with Crippen molar-refractivity contribution < 1.29 is 74.4 Å². The van der Waals surface area contributed by atoms with Gasteiger partial charge in [0.2, 0.25) is 9.84 Å². The second-order valence-electron chi connectivity index (χ2n) is 5.31. The van der Waals surface area contributed by atoms with Gasteiger partial charge in [0, 0.05) is 19.0 Å². The number of ether oxygens (including phenoxy) is 1. The van der Waals surface area contributed by atoms with Crippen LogP contribution >= 0.6 is 0 Å². The van der Waals surface area contributed by atoms with Crippen molar-refractivity contribution in [3.05, 3.63) is 54.6 Å². The third kappa shape index (κ3) is 14.3. The maximum absolute atomic E-state index is 12.2. The number of carbonyl (C=O) groups is 1. The van der Waals surface area contributed by atoms with Crippen LogP contribution in [0.1, 0.15) is 25.1 Å². The largest absolute Gasteiger partial charge is 1.00 e. The molecule has 2 heterocycles. The predicted octanol–water partition coefficient (Wildman–Crippen LogP) is -0.664. The summed E-state index contributed by atoms with van der Waals surface area (Å²) >= 11 is 0. The molecule has 168 valence electrons. The van der Waals surface area contributed by atoms with Crippen LogP contribution in [0.15, 0.2) is 46.7 Å². The number of hydrogen-bond acceptors (Lipinski definition) is 9. The molecule has 0 aliphatic carbocycles. The van der Waals surface area contributed by atoms with Gasteiger partial charge in [0.25, 0.3) is 0 Å². The Bertz CT molecular complexity index is 825. The molecule has 10 nitrogen and oxygen atoms in total. The van der Waals surface area contributed by atoms with E-state index >= 15 is 0 Å². The maximum atomic E-state index is 12.2. The first-order chi connectivity index (χ1) is 13.8. The van der Waals surface area contributed by atoms with Crippen LogP contribution in [0.2, 0.25) is 0 Å². The number of H-pyrrole nitrogens is 1. The van der Waals surface area contributed by atoms with Gasteiger partial charge < -0.3 is 37.6 Å². The molecule has 0 radical (unpaired) electrons. The molecule has 1 aliphatic rings. The summed E-state index contributed by atoms with van der Waals surface area (Å²) in [6.07, 6.45) is 4.97. The molecule has 31 heavy (non-hydrogen) atoms. The van der Waals surface area contributed by atoms with Crippen molar-refractivity contribution in [3.63, 3.8) is 0 Å². The number of aliphatic imine (C=N–C) groups is 1. The molecule has 0 amide bonds. The zero-order valence-electron chi connectivity index (χ0n) is 18.8. The smallest absolute Gasteiger partial charge is 0.512 e. The van der Waals surface area contributed by atoms with Crippen molar-refractivity contribution >= 4 is 22.5 Å². The molecule has 0 spiro atoms. The van der Waals surface area contributed by atoms with Crippen LogP contribution in [-0.4, -0.2) is 54.8 Å². The van der Waals surface area contributed by atoms with Crippen molar-refractivity contribution in [2.75, 3.05) is 7.11 Å². The standard InChI is InChI=1S/C11H13NO3S.C4H6N2.C2H4O.CN.CH4O.K.H3N/c1-8-3-5-10(6-4-8)16(13,14)11-9(2)15-7-12-11;1-4-2-5-3-6-4;1-2-3;2*1-2;;/h3-7,9,11H,1-2H3;2-3H,1H3,(H,5,6);2H,1H3;;2H,1H3;;1H3/q;;;-1;;+1;. The minimum absolute atomic E-state index is 0. The normalized spacial score (nSPS) is 15.0. The number of aromatic nitrogens is 2. The van der Waals surface area contributed by atoms with Crippen molar-refractivity contribution in [1.29, 1.82) is 5.26 Å². The van der Waals surface area contributed by atoms with Crippen LogP contribution in [0.3, 0.4) is 0 Å². The summed E-state index contributed by atoms with van der Waals surface area (Å²) in [5, 5.41) is 12.4. The van der Waals surface area contributed by atoms with Crippen LogP contribution in [0.4, 0.5) is 0 Å². The van der Waals surface area contributed by atoms with E-state index in [4.69, 9.17) is 26.5 Å². The van der Waals surface area contributed by atoms with E-state index in [-0.39, 0.29) is 62.4 Å². The van der Waals surface area contributed by atoms with E-state index in [1.54, 1.807) is 43.7 Å². The number of aldehydes is 1. The van der Waals surface area contributed by atoms with Gasteiger partial charge in [0.15, 0.2) is 11.8 Å².